The maximum Gasteiger partial charge on any atom is 0.413 e. The van der Waals surface area contributed by atoms with Crippen molar-refractivity contribution in [1.29, 1.82) is 5.41 Å². The Bertz CT molecular complexity index is 1710. The number of amidine groups is 1. The lowest BCUT2D eigenvalue weighted by Crippen LogP contribution is -2.47. The summed E-state index contributed by atoms with van der Waals surface area (Å²) in [6, 6.07) is 23.1. The number of likely N-dealkylation sites (tertiary alicyclic amines) is 1. The number of nitrogens with one attached hydrogen (secondary N) is 3. The van der Waals surface area contributed by atoms with Gasteiger partial charge in [0, 0.05) is 12.1 Å². The molecule has 6 N–H and O–H groups in total. The van der Waals surface area contributed by atoms with Crippen molar-refractivity contribution in [3.05, 3.63) is 95.6 Å². The van der Waals surface area contributed by atoms with E-state index in [9.17, 15) is 14.8 Å². The van der Waals surface area contributed by atoms with E-state index in [4.69, 9.17) is 30.1 Å². The minimum Gasteiger partial charge on any atom is -0.494 e. The average Bonchev–Trinajstić information content (AvgIpc) is 3.73. The smallest absolute Gasteiger partial charge is 0.413 e. The molecule has 2 heterocycles. The summed E-state index contributed by atoms with van der Waals surface area (Å²) >= 11 is 0. The van der Waals surface area contributed by atoms with E-state index in [1.165, 1.54) is 12.8 Å². The molecule has 56 heavy (non-hydrogen) atoms. The Labute approximate surface area is 331 Å². The lowest BCUT2D eigenvalue weighted by atomic mass is 9.92. The average molecular weight is 773 g/mol. The van der Waals surface area contributed by atoms with Gasteiger partial charge in [-0.15, -0.1) is 0 Å². The summed E-state index contributed by atoms with van der Waals surface area (Å²) in [4.78, 5) is 27.1. The van der Waals surface area contributed by atoms with E-state index < -0.39 is 35.5 Å². The van der Waals surface area contributed by atoms with Crippen molar-refractivity contribution in [1.82, 2.24) is 20.6 Å². The number of piperidine rings is 1. The fourth-order valence-electron chi connectivity index (χ4n) is 7.11. The monoisotopic (exact) mass is 772 g/mol. The van der Waals surface area contributed by atoms with Crippen molar-refractivity contribution in [2.45, 2.75) is 96.7 Å². The second-order valence-corrected chi connectivity index (χ2v) is 16.1. The highest BCUT2D eigenvalue weighted by molar-refractivity contribution is 6.04. The summed E-state index contributed by atoms with van der Waals surface area (Å²) in [5.74, 6) is 2.16. The third kappa shape index (κ3) is 12.2. The lowest BCUT2D eigenvalue weighted by molar-refractivity contribution is -0.0210. The summed E-state index contributed by atoms with van der Waals surface area (Å²) in [6.45, 7) is 13.9. The molecule has 0 bridgehead atoms. The van der Waals surface area contributed by atoms with Gasteiger partial charge >= 0.3 is 12.2 Å². The molecular weight excluding hydrogens is 713 g/mol. The molecule has 2 saturated heterocycles. The second kappa shape index (κ2) is 19.4. The van der Waals surface area contributed by atoms with Gasteiger partial charge in [-0.3, -0.25) is 10.7 Å². The molecule has 4 atom stereocenters. The molecular formula is C43H60N6O7. The third-order valence-electron chi connectivity index (χ3n) is 10.3. The highest BCUT2D eigenvalue weighted by Crippen LogP contribution is 2.47. The van der Waals surface area contributed by atoms with Crippen LogP contribution in [0.3, 0.4) is 0 Å². The number of benzene rings is 3. The SMILES string of the molecule is CC(C)[C@H](NC(=O)OC(C)(C)C)C1N(O)C1(N)c1ccc(OCCCC2CCN(CCCOc3ccc(C(=N)NC(=O)OCc4ccccc4)cc3)CC2)cc1. The molecule has 2 aliphatic heterocycles. The van der Waals surface area contributed by atoms with Crippen LogP contribution in [0.2, 0.25) is 0 Å². The van der Waals surface area contributed by atoms with Crippen molar-refractivity contribution in [3.63, 3.8) is 0 Å². The molecule has 2 amide bonds. The summed E-state index contributed by atoms with van der Waals surface area (Å²) < 4.78 is 22.6. The predicted molar refractivity (Wildman–Crippen MR) is 215 cm³/mol. The molecule has 2 fully saturated rings. The molecule has 3 aromatic carbocycles. The highest BCUT2D eigenvalue weighted by Gasteiger charge is 2.65. The van der Waals surface area contributed by atoms with Crippen molar-refractivity contribution >= 4 is 18.0 Å². The molecule has 0 saturated carbocycles. The Morgan fingerprint density at radius 1 is 0.911 bits per heavy atom. The zero-order valence-corrected chi connectivity index (χ0v) is 33.5. The Kier molecular flexibility index (Phi) is 14.7. The molecule has 0 aliphatic carbocycles. The van der Waals surface area contributed by atoms with Gasteiger partial charge in [-0.25, -0.2) is 9.59 Å². The first-order chi connectivity index (χ1) is 26.7. The molecule has 304 valence electrons. The first kappa shape index (κ1) is 42.5. The van der Waals surface area contributed by atoms with Crippen LogP contribution in [0.15, 0.2) is 78.9 Å². The van der Waals surface area contributed by atoms with Crippen LogP contribution in [-0.4, -0.2) is 83.7 Å². The topological polar surface area (TPSA) is 171 Å². The number of hydrogen-bond donors (Lipinski definition) is 5. The lowest BCUT2D eigenvalue weighted by Gasteiger charge is -2.32. The zero-order valence-electron chi connectivity index (χ0n) is 33.5. The molecule has 3 unspecified atom stereocenters. The van der Waals surface area contributed by atoms with Crippen LogP contribution >= 0.6 is 0 Å². The van der Waals surface area contributed by atoms with Crippen LogP contribution in [0.5, 0.6) is 11.5 Å². The molecule has 0 aromatic heterocycles. The van der Waals surface area contributed by atoms with Crippen LogP contribution < -0.4 is 25.8 Å². The zero-order chi connectivity index (χ0) is 40.3. The largest absolute Gasteiger partial charge is 0.494 e. The summed E-state index contributed by atoms with van der Waals surface area (Å²) in [5, 5.41) is 25.4. The predicted octanol–water partition coefficient (Wildman–Crippen LogP) is 7.01. The van der Waals surface area contributed by atoms with Crippen molar-refractivity contribution in [2.24, 2.45) is 17.6 Å². The first-order valence-electron chi connectivity index (χ1n) is 19.7. The van der Waals surface area contributed by atoms with E-state index in [0.29, 0.717) is 24.7 Å². The molecule has 3 aromatic rings. The van der Waals surface area contributed by atoms with Gasteiger partial charge in [-0.2, -0.15) is 5.06 Å². The normalized spacial score (nSPS) is 20.5. The van der Waals surface area contributed by atoms with Gasteiger partial charge in [0.25, 0.3) is 0 Å². The standard InChI is InChI=1S/C43H60N6O7/c1-30(2)37(46-41(51)56-42(3,4)5)38-43(45,49(38)52)34-16-20-36(21-17-34)53-27-9-13-31-22-25-48(26-23-31)24-10-28-54-35-18-14-33(15-19-35)39(44)47-40(50)55-29-32-11-7-6-8-12-32/h6-8,11-12,14-21,30-31,37-38,52H,9-10,13,22-29,45H2,1-5H3,(H,46,51)(H2,44,47,50)/t37-,38?,43?,49?/m0/s1. The number of alkyl carbamates (subject to hydrolysis) is 2. The fourth-order valence-corrected chi connectivity index (χ4v) is 7.11. The molecule has 2 aliphatic rings. The maximum absolute atomic E-state index is 12.5. The quantitative estimate of drug-likeness (QED) is 0.0416. The van der Waals surface area contributed by atoms with Gasteiger partial charge in [0.05, 0.1) is 25.3 Å². The molecule has 13 heteroatoms. The van der Waals surface area contributed by atoms with Crippen LogP contribution in [-0.2, 0) is 21.7 Å². The van der Waals surface area contributed by atoms with E-state index in [1.54, 1.807) is 12.1 Å². The second-order valence-electron chi connectivity index (χ2n) is 16.1. The highest BCUT2D eigenvalue weighted by atomic mass is 16.6. The number of carbonyl (C=O) groups is 2. The van der Waals surface area contributed by atoms with E-state index >= 15 is 0 Å². The van der Waals surface area contributed by atoms with E-state index in [2.05, 4.69) is 15.5 Å². The summed E-state index contributed by atoms with van der Waals surface area (Å²) in [5.41, 5.74) is 7.12. The Hall–Kier alpha value is -4.69. The van der Waals surface area contributed by atoms with Gasteiger partial charge in [0.2, 0.25) is 0 Å². The minimum atomic E-state index is -1.12. The minimum absolute atomic E-state index is 0.0128. The number of carbonyl (C=O) groups excluding carboxylic acids is 2. The van der Waals surface area contributed by atoms with Gasteiger partial charge in [-0.1, -0.05) is 56.3 Å². The van der Waals surface area contributed by atoms with E-state index in [-0.39, 0.29) is 18.4 Å². The van der Waals surface area contributed by atoms with Crippen LogP contribution in [0.4, 0.5) is 9.59 Å². The van der Waals surface area contributed by atoms with E-state index in [0.717, 1.165) is 66.6 Å². The van der Waals surface area contributed by atoms with Crippen LogP contribution in [0, 0.1) is 17.2 Å². The fraction of sp³-hybridized carbons (Fsp3) is 0.512. The van der Waals surface area contributed by atoms with Gasteiger partial charge in [0.1, 0.15) is 35.2 Å². The van der Waals surface area contributed by atoms with Crippen molar-refractivity contribution < 1.29 is 33.7 Å². The third-order valence-corrected chi connectivity index (χ3v) is 10.3. The van der Waals surface area contributed by atoms with Crippen molar-refractivity contribution in [2.75, 3.05) is 32.8 Å². The molecule has 0 spiro atoms. The van der Waals surface area contributed by atoms with Gasteiger partial charge < -0.3 is 40.1 Å². The number of amides is 2. The van der Waals surface area contributed by atoms with E-state index in [1.807, 2.05) is 101 Å². The number of nitrogens with zero attached hydrogens (tertiary/aromatic N) is 2. The summed E-state index contributed by atoms with van der Waals surface area (Å²) in [6.07, 6.45) is 4.18. The first-order valence-corrected chi connectivity index (χ1v) is 19.7. The van der Waals surface area contributed by atoms with Crippen LogP contribution in [0.25, 0.3) is 0 Å². The molecule has 5 rings (SSSR count). The number of hydrogen-bond acceptors (Lipinski definition) is 11. The summed E-state index contributed by atoms with van der Waals surface area (Å²) in [7, 11) is 0. The van der Waals surface area contributed by atoms with Crippen LogP contribution in [0.1, 0.15) is 83.4 Å². The number of ether oxygens (including phenoxy) is 4. The Morgan fingerprint density at radius 2 is 1.52 bits per heavy atom. The molecule has 0 radical (unpaired) electrons. The Balaban J connectivity index is 0.925. The van der Waals surface area contributed by atoms with Gasteiger partial charge in [0.15, 0.2) is 0 Å². The van der Waals surface area contributed by atoms with Gasteiger partial charge in [-0.05, 0) is 125 Å². The number of nitrogens with two attached hydrogens (primary N) is 1. The number of hydroxylamine groups is 2. The number of rotatable bonds is 17. The maximum atomic E-state index is 12.5. The Morgan fingerprint density at radius 3 is 2.12 bits per heavy atom. The van der Waals surface area contributed by atoms with Crippen molar-refractivity contribution in [3.8, 4) is 11.5 Å². The molecule has 13 nitrogen and oxygen atoms in total.